The summed E-state index contributed by atoms with van der Waals surface area (Å²) < 4.78 is 37.7. The molecule has 2 N–H and O–H groups in total. The Morgan fingerprint density at radius 3 is 2.81 bits per heavy atom. The molecule has 0 saturated carbocycles. The summed E-state index contributed by atoms with van der Waals surface area (Å²) >= 11 is 0.00559. The van der Waals surface area contributed by atoms with E-state index in [0.717, 1.165) is 12.0 Å². The summed E-state index contributed by atoms with van der Waals surface area (Å²) in [6.07, 6.45) is 1.35. The summed E-state index contributed by atoms with van der Waals surface area (Å²) in [5.41, 5.74) is 6.44. The maximum atomic E-state index is 14.7. The Morgan fingerprint density at radius 2 is 2.15 bits per heavy atom. The second-order valence-corrected chi connectivity index (χ2v) is 7.03. The molecule has 138 valence electrons. The van der Waals surface area contributed by atoms with E-state index >= 15 is 0 Å². The van der Waals surface area contributed by atoms with Gasteiger partial charge < -0.3 is 15.2 Å². The van der Waals surface area contributed by atoms with Gasteiger partial charge in [-0.1, -0.05) is 0 Å². The Balaban J connectivity index is 2.10. The molecule has 1 aliphatic heterocycles. The molecule has 2 aromatic rings. The van der Waals surface area contributed by atoms with E-state index < -0.39 is 17.3 Å². The Labute approximate surface area is 154 Å². The van der Waals surface area contributed by atoms with Crippen LogP contribution in [0.4, 0.5) is 8.28 Å². The maximum absolute atomic E-state index is 14.7. The Kier molecular flexibility index (Phi) is 5.04. The van der Waals surface area contributed by atoms with E-state index in [9.17, 15) is 13.1 Å². The van der Waals surface area contributed by atoms with Gasteiger partial charge >= 0.3 is 0 Å². The summed E-state index contributed by atoms with van der Waals surface area (Å²) in [6.45, 7) is 3.84. The predicted molar refractivity (Wildman–Crippen MR) is 95.4 cm³/mol. The van der Waals surface area contributed by atoms with Crippen LogP contribution in [0.1, 0.15) is 36.3 Å². The molecule has 0 radical (unpaired) electrons. The number of hydrogen-bond donors (Lipinski definition) is 1. The summed E-state index contributed by atoms with van der Waals surface area (Å²) in [5.74, 6) is -0.993. The van der Waals surface area contributed by atoms with E-state index in [2.05, 4.69) is 4.98 Å². The molecule has 0 unspecified atom stereocenters. The molecular formula is C18H18F2N2O3S. The summed E-state index contributed by atoms with van der Waals surface area (Å²) in [4.78, 5) is 15.8. The number of hydrogen-bond acceptors (Lipinski definition) is 5. The Morgan fingerprint density at radius 1 is 1.38 bits per heavy atom. The topological polar surface area (TPSA) is 74.4 Å². The van der Waals surface area contributed by atoms with Crippen LogP contribution < -0.4 is 15.2 Å². The third-order valence-electron chi connectivity index (χ3n) is 4.19. The number of carbonyl (C=O) groups excluding carboxylic acids is 1. The first-order valence-corrected chi connectivity index (χ1v) is 8.88. The van der Waals surface area contributed by atoms with Crippen LogP contribution in [0.5, 0.6) is 11.6 Å². The highest BCUT2D eigenvalue weighted by molar-refractivity contribution is 7.94. The van der Waals surface area contributed by atoms with E-state index in [0.29, 0.717) is 17.9 Å². The number of amides is 1. The highest BCUT2D eigenvalue weighted by atomic mass is 32.2. The van der Waals surface area contributed by atoms with E-state index in [1.165, 1.54) is 18.2 Å². The van der Waals surface area contributed by atoms with Gasteiger partial charge in [0.15, 0.2) is 5.94 Å². The molecule has 0 bridgehead atoms. The number of carbonyl (C=O) groups is 1. The van der Waals surface area contributed by atoms with Crippen LogP contribution in [0.15, 0.2) is 24.3 Å². The number of nitrogens with zero attached hydrogens (tertiary/aromatic N) is 1. The standard InChI is InChI=1S/C18H18F2N2O3S/c1-18(2)6-5-12-13(8-15(16(21)23)22-17(12)25-18)11-4-3-10(7-14(11)19)24-9-26-20/h3-4,7-8H,5-6,9H2,1-2H3,(H2,21,23). The average molecular weight is 380 g/mol. The van der Waals surface area contributed by atoms with Gasteiger partial charge in [0.2, 0.25) is 5.88 Å². The number of nitrogens with two attached hydrogens (primary N) is 1. The normalized spacial score (nSPS) is 15.1. The zero-order valence-corrected chi connectivity index (χ0v) is 15.2. The van der Waals surface area contributed by atoms with Gasteiger partial charge in [-0.25, -0.2) is 9.37 Å². The van der Waals surface area contributed by atoms with E-state index in [1.54, 1.807) is 6.07 Å². The summed E-state index contributed by atoms with van der Waals surface area (Å²) in [5, 5.41) is 0. The van der Waals surface area contributed by atoms with Gasteiger partial charge in [-0.3, -0.25) is 4.79 Å². The maximum Gasteiger partial charge on any atom is 0.267 e. The van der Waals surface area contributed by atoms with Gasteiger partial charge in [-0.05, 0) is 50.5 Å². The van der Waals surface area contributed by atoms with Crippen molar-refractivity contribution in [3.05, 3.63) is 41.3 Å². The van der Waals surface area contributed by atoms with E-state index in [-0.39, 0.29) is 35.1 Å². The molecule has 1 aromatic heterocycles. The first kappa shape index (κ1) is 18.4. The van der Waals surface area contributed by atoms with Crippen molar-refractivity contribution in [2.45, 2.75) is 32.3 Å². The van der Waals surface area contributed by atoms with Crippen LogP contribution in [-0.2, 0) is 6.42 Å². The molecule has 0 saturated heterocycles. The van der Waals surface area contributed by atoms with Crippen molar-refractivity contribution >= 4 is 18.1 Å². The van der Waals surface area contributed by atoms with Crippen LogP contribution in [0.25, 0.3) is 11.1 Å². The SMILES string of the molecule is CC1(C)CCc2c(-c3ccc(OCSF)cc3F)cc(C(N)=O)nc2O1. The van der Waals surface area contributed by atoms with Gasteiger partial charge in [-0.15, -0.1) is 0 Å². The Bertz CT molecular complexity index is 859. The molecule has 1 amide bonds. The molecule has 26 heavy (non-hydrogen) atoms. The molecule has 3 rings (SSSR count). The number of ether oxygens (including phenoxy) is 2. The van der Waals surface area contributed by atoms with Crippen molar-refractivity contribution in [3.8, 4) is 22.8 Å². The number of benzene rings is 1. The first-order valence-electron chi connectivity index (χ1n) is 8.00. The predicted octanol–water partition coefficient (Wildman–Crippen LogP) is 4.04. The van der Waals surface area contributed by atoms with E-state index in [4.69, 9.17) is 15.2 Å². The van der Waals surface area contributed by atoms with Crippen molar-refractivity contribution in [1.29, 1.82) is 0 Å². The smallest absolute Gasteiger partial charge is 0.267 e. The molecule has 0 aliphatic carbocycles. The fraction of sp³-hybridized carbons (Fsp3) is 0.333. The number of primary amides is 1. The van der Waals surface area contributed by atoms with Gasteiger partial charge in [0.05, 0.1) is 12.1 Å². The molecular weight excluding hydrogens is 362 g/mol. The van der Waals surface area contributed by atoms with Gasteiger partial charge in [-0.2, -0.15) is 3.89 Å². The zero-order chi connectivity index (χ0) is 18.9. The second-order valence-electron chi connectivity index (χ2n) is 6.58. The average Bonchev–Trinajstić information content (AvgIpc) is 2.58. The van der Waals surface area contributed by atoms with Crippen LogP contribution in [0.3, 0.4) is 0 Å². The van der Waals surface area contributed by atoms with Crippen molar-refractivity contribution in [2.75, 3.05) is 5.94 Å². The number of pyridine rings is 1. The lowest BCUT2D eigenvalue weighted by Gasteiger charge is -2.32. The quantitative estimate of drug-likeness (QED) is 0.793. The minimum Gasteiger partial charge on any atom is -0.480 e. The van der Waals surface area contributed by atoms with Gasteiger partial charge in [0, 0.05) is 17.2 Å². The highest BCUT2D eigenvalue weighted by Crippen LogP contribution is 2.39. The first-order chi connectivity index (χ1) is 12.3. The van der Waals surface area contributed by atoms with Crippen molar-refractivity contribution in [1.82, 2.24) is 4.98 Å². The lowest BCUT2D eigenvalue weighted by atomic mass is 9.90. The fourth-order valence-electron chi connectivity index (χ4n) is 2.87. The van der Waals surface area contributed by atoms with Crippen molar-refractivity contribution < 1.29 is 22.5 Å². The Hall–Kier alpha value is -2.35. The zero-order valence-electron chi connectivity index (χ0n) is 14.3. The summed E-state index contributed by atoms with van der Waals surface area (Å²) in [6, 6.07) is 5.71. The number of rotatable bonds is 5. The highest BCUT2D eigenvalue weighted by Gasteiger charge is 2.31. The van der Waals surface area contributed by atoms with Gasteiger partial charge in [0.1, 0.15) is 22.9 Å². The molecule has 2 heterocycles. The van der Waals surface area contributed by atoms with Crippen LogP contribution in [0.2, 0.25) is 0 Å². The number of aromatic nitrogens is 1. The number of fused-ring (bicyclic) bond motifs is 1. The van der Waals surface area contributed by atoms with Crippen LogP contribution >= 0.6 is 12.1 Å². The molecule has 1 aromatic carbocycles. The number of halogens is 2. The third-order valence-corrected chi connectivity index (χ3v) is 4.40. The molecule has 5 nitrogen and oxygen atoms in total. The lowest BCUT2D eigenvalue weighted by molar-refractivity contribution is 0.0774. The minimum absolute atomic E-state index is 0.00463. The van der Waals surface area contributed by atoms with E-state index in [1.807, 2.05) is 13.8 Å². The second kappa shape index (κ2) is 7.11. The van der Waals surface area contributed by atoms with Gasteiger partial charge in [0.25, 0.3) is 5.91 Å². The third kappa shape index (κ3) is 3.75. The van der Waals surface area contributed by atoms with Crippen molar-refractivity contribution in [3.63, 3.8) is 0 Å². The summed E-state index contributed by atoms with van der Waals surface area (Å²) in [7, 11) is 0. The molecule has 8 heteroatoms. The minimum atomic E-state index is -0.721. The largest absolute Gasteiger partial charge is 0.480 e. The molecule has 0 fully saturated rings. The molecule has 1 aliphatic rings. The van der Waals surface area contributed by atoms with Crippen LogP contribution in [0, 0.1) is 5.82 Å². The van der Waals surface area contributed by atoms with Crippen molar-refractivity contribution in [2.24, 2.45) is 5.73 Å². The van der Waals surface area contributed by atoms with Crippen LogP contribution in [-0.4, -0.2) is 22.4 Å². The monoisotopic (exact) mass is 380 g/mol. The lowest BCUT2D eigenvalue weighted by Crippen LogP contribution is -2.34. The molecule has 0 spiro atoms. The fourth-order valence-corrected chi connectivity index (χ4v) is 3.05. The molecule has 0 atom stereocenters.